The van der Waals surface area contributed by atoms with Gasteiger partial charge in [-0.3, -0.25) is 24.0 Å². The van der Waals surface area contributed by atoms with Gasteiger partial charge in [0, 0.05) is 0 Å². The Bertz CT molecular complexity index is 790. The summed E-state index contributed by atoms with van der Waals surface area (Å²) in [4.78, 5) is 72.6. The molecule has 0 aromatic heterocycles. The summed E-state index contributed by atoms with van der Waals surface area (Å²) < 4.78 is 0. The fraction of sp³-hybridized carbons (Fsp3) is 0.714. The number of aliphatic carboxylic acids is 2. The van der Waals surface area contributed by atoms with Gasteiger partial charge in [-0.1, -0.05) is 13.8 Å². The monoisotopic (exact) mass is 518 g/mol. The summed E-state index contributed by atoms with van der Waals surface area (Å²) in [6.07, 6.45) is -1.39. The van der Waals surface area contributed by atoms with Crippen molar-refractivity contribution in [3.8, 4) is 0 Å². The number of hydrogen-bond acceptors (Lipinski definition) is 9. The third kappa shape index (κ3) is 11.9. The van der Waals surface area contributed by atoms with Crippen LogP contribution in [0.1, 0.15) is 46.5 Å². The topological polar surface area (TPSA) is 263 Å². The minimum atomic E-state index is -1.68. The minimum absolute atomic E-state index is 0.0571. The van der Waals surface area contributed by atoms with E-state index in [1.807, 2.05) is 0 Å². The largest absolute Gasteiger partial charge is 0.481 e. The van der Waals surface area contributed by atoms with E-state index in [9.17, 15) is 44.1 Å². The quantitative estimate of drug-likeness (QED) is 0.0857. The van der Waals surface area contributed by atoms with Crippen LogP contribution in [-0.2, 0) is 28.8 Å². The van der Waals surface area contributed by atoms with Gasteiger partial charge in [0.05, 0.1) is 19.1 Å². The Balaban J connectivity index is 5.60. The van der Waals surface area contributed by atoms with Crippen LogP contribution in [0, 0.1) is 5.92 Å². The number of carboxylic acid groups (broad SMARTS) is 2. The predicted octanol–water partition coefficient (Wildman–Crippen LogP) is -3.39. The van der Waals surface area contributed by atoms with Crippen LogP contribution in [0.5, 0.6) is 0 Å². The van der Waals surface area contributed by atoms with Gasteiger partial charge in [0.25, 0.3) is 0 Å². The first-order chi connectivity index (χ1) is 16.7. The summed E-state index contributed by atoms with van der Waals surface area (Å²) >= 11 is 0. The molecule has 0 saturated carbocycles. The van der Waals surface area contributed by atoms with Crippen molar-refractivity contribution in [2.45, 2.75) is 76.7 Å². The highest BCUT2D eigenvalue weighted by atomic mass is 16.4. The second kappa shape index (κ2) is 16.4. The Kier molecular flexibility index (Phi) is 14.9. The zero-order valence-electron chi connectivity index (χ0n) is 20.7. The molecule has 5 atom stereocenters. The molecule has 4 amide bonds. The number of aliphatic hydroxyl groups excluding tert-OH is 1. The molecule has 0 aliphatic rings. The number of carboxylic acids is 2. The molecule has 0 radical (unpaired) electrons. The Morgan fingerprint density at radius 1 is 0.750 bits per heavy atom. The molecule has 0 rings (SSSR count). The van der Waals surface area contributed by atoms with E-state index in [-0.39, 0.29) is 6.42 Å². The van der Waals surface area contributed by atoms with E-state index in [0.29, 0.717) is 19.4 Å². The van der Waals surface area contributed by atoms with Crippen LogP contribution in [0.4, 0.5) is 0 Å². The molecule has 0 fully saturated rings. The predicted molar refractivity (Wildman–Crippen MR) is 126 cm³/mol. The summed E-state index contributed by atoms with van der Waals surface area (Å²) in [6, 6.07) is -5.78. The number of nitrogens with two attached hydrogens (primary N) is 2. The van der Waals surface area contributed by atoms with Crippen molar-refractivity contribution in [1.82, 2.24) is 21.3 Å². The van der Waals surface area contributed by atoms with E-state index in [2.05, 4.69) is 21.3 Å². The van der Waals surface area contributed by atoms with Gasteiger partial charge in [-0.05, 0) is 38.6 Å². The lowest BCUT2D eigenvalue weighted by Crippen LogP contribution is -2.61. The van der Waals surface area contributed by atoms with Gasteiger partial charge in [0.15, 0.2) is 0 Å². The Hall–Kier alpha value is -3.30. The first-order valence-corrected chi connectivity index (χ1v) is 11.5. The Morgan fingerprint density at radius 2 is 1.31 bits per heavy atom. The number of rotatable bonds is 17. The van der Waals surface area contributed by atoms with Crippen molar-refractivity contribution in [1.29, 1.82) is 0 Å². The maximum atomic E-state index is 12.8. The van der Waals surface area contributed by atoms with E-state index in [1.165, 1.54) is 0 Å². The summed E-state index contributed by atoms with van der Waals surface area (Å²) in [6.45, 7) is 4.30. The number of amides is 4. The average Bonchev–Trinajstić information content (AvgIpc) is 2.78. The molecule has 0 heterocycles. The Labute approximate surface area is 208 Å². The molecular weight excluding hydrogens is 480 g/mol. The molecule has 11 N–H and O–H groups in total. The zero-order chi connectivity index (χ0) is 28.0. The summed E-state index contributed by atoms with van der Waals surface area (Å²) in [7, 11) is 0. The summed E-state index contributed by atoms with van der Waals surface area (Å²) in [5.74, 6) is -6.87. The third-order valence-corrected chi connectivity index (χ3v) is 5.09. The highest BCUT2D eigenvalue weighted by Crippen LogP contribution is 2.06. The van der Waals surface area contributed by atoms with Gasteiger partial charge >= 0.3 is 11.9 Å². The molecular formula is C21H38N6O9. The van der Waals surface area contributed by atoms with Crippen LogP contribution in [0.2, 0.25) is 0 Å². The number of hydrogen-bond donors (Lipinski definition) is 9. The van der Waals surface area contributed by atoms with E-state index < -0.39 is 84.7 Å². The zero-order valence-corrected chi connectivity index (χ0v) is 20.7. The number of nitrogens with one attached hydrogen (secondary N) is 4. The fourth-order valence-corrected chi connectivity index (χ4v) is 3.08. The van der Waals surface area contributed by atoms with E-state index in [1.54, 1.807) is 13.8 Å². The lowest BCUT2D eigenvalue weighted by molar-refractivity contribution is -0.144. The normalized spacial score (nSPS) is 15.1. The molecule has 206 valence electrons. The molecule has 0 saturated heterocycles. The van der Waals surface area contributed by atoms with Gasteiger partial charge in [0.2, 0.25) is 23.6 Å². The number of carbonyl (C=O) groups excluding carboxylic acids is 4. The Morgan fingerprint density at radius 3 is 1.75 bits per heavy atom. The first-order valence-electron chi connectivity index (χ1n) is 11.5. The number of carbonyl (C=O) groups is 6. The maximum absolute atomic E-state index is 12.8. The molecule has 0 unspecified atom stereocenters. The van der Waals surface area contributed by atoms with Crippen molar-refractivity contribution in [3.05, 3.63) is 0 Å². The lowest BCUT2D eigenvalue weighted by Gasteiger charge is -2.27. The van der Waals surface area contributed by atoms with Crippen molar-refractivity contribution in [3.63, 3.8) is 0 Å². The molecule has 0 aliphatic heterocycles. The molecule has 0 bridgehead atoms. The average molecular weight is 519 g/mol. The van der Waals surface area contributed by atoms with Gasteiger partial charge in [-0.15, -0.1) is 0 Å². The second-order valence-electron chi connectivity index (χ2n) is 8.56. The van der Waals surface area contributed by atoms with Crippen molar-refractivity contribution < 1.29 is 44.1 Å². The second-order valence-corrected chi connectivity index (χ2v) is 8.56. The summed E-state index contributed by atoms with van der Waals surface area (Å²) in [5, 5.41) is 37.5. The molecule has 0 aromatic carbocycles. The van der Waals surface area contributed by atoms with Crippen LogP contribution in [0.3, 0.4) is 0 Å². The van der Waals surface area contributed by atoms with Crippen molar-refractivity contribution >= 4 is 35.6 Å². The van der Waals surface area contributed by atoms with E-state index >= 15 is 0 Å². The van der Waals surface area contributed by atoms with Crippen molar-refractivity contribution in [2.75, 3.05) is 13.1 Å². The first kappa shape index (κ1) is 32.7. The van der Waals surface area contributed by atoms with Gasteiger partial charge in [0.1, 0.15) is 24.2 Å². The number of aliphatic hydroxyl groups is 1. The lowest BCUT2D eigenvalue weighted by atomic mass is 10.0. The summed E-state index contributed by atoms with van der Waals surface area (Å²) in [5.41, 5.74) is 10.6. The SMILES string of the molecule is CC(C)[C@H](NC(=O)CN)C(=O)N[C@@H](CC(=O)O)C(=O)N[C@H](C(=O)N[C@@H](CCCCN)C(=O)O)[C@@H](C)O. The molecule has 15 heteroatoms. The van der Waals surface area contributed by atoms with Crippen molar-refractivity contribution in [2.24, 2.45) is 17.4 Å². The molecule has 36 heavy (non-hydrogen) atoms. The highest BCUT2D eigenvalue weighted by molar-refractivity contribution is 5.96. The fourth-order valence-electron chi connectivity index (χ4n) is 3.08. The minimum Gasteiger partial charge on any atom is -0.481 e. The number of unbranched alkanes of at least 4 members (excludes halogenated alkanes) is 1. The van der Waals surface area contributed by atoms with Crippen LogP contribution in [0.15, 0.2) is 0 Å². The van der Waals surface area contributed by atoms with Crippen LogP contribution < -0.4 is 32.7 Å². The maximum Gasteiger partial charge on any atom is 0.326 e. The standard InChI is InChI=1S/C21H38N6O9/c1-10(2)16(26-14(29)9-23)19(33)25-13(8-15(30)31)18(32)27-17(11(3)28)20(34)24-12(21(35)36)6-4-5-7-22/h10-13,16-17,28H,4-9,22-23H2,1-3H3,(H,24,34)(H,25,33)(H,26,29)(H,27,32)(H,30,31)(H,35,36)/t11-,12+,13+,16+,17+/m1/s1. The highest BCUT2D eigenvalue weighted by Gasteiger charge is 2.34. The molecule has 15 nitrogen and oxygen atoms in total. The van der Waals surface area contributed by atoms with E-state index in [0.717, 1.165) is 6.92 Å². The van der Waals surface area contributed by atoms with Crippen LogP contribution in [0.25, 0.3) is 0 Å². The third-order valence-electron chi connectivity index (χ3n) is 5.09. The van der Waals surface area contributed by atoms with E-state index in [4.69, 9.17) is 11.5 Å². The van der Waals surface area contributed by atoms with Crippen LogP contribution >= 0.6 is 0 Å². The molecule has 0 aromatic rings. The van der Waals surface area contributed by atoms with Gasteiger partial charge in [-0.25, -0.2) is 4.79 Å². The molecule has 0 spiro atoms. The van der Waals surface area contributed by atoms with Gasteiger partial charge in [-0.2, -0.15) is 0 Å². The van der Waals surface area contributed by atoms with Crippen LogP contribution in [-0.4, -0.2) is 94.2 Å². The van der Waals surface area contributed by atoms with Gasteiger partial charge < -0.3 is 48.1 Å². The molecule has 0 aliphatic carbocycles. The smallest absolute Gasteiger partial charge is 0.326 e.